The number of carbonyl (C=O) groups excluding carboxylic acids is 1. The summed E-state index contributed by atoms with van der Waals surface area (Å²) in [6.07, 6.45) is 2.66. The lowest BCUT2D eigenvalue weighted by atomic mass is 9.96. The molecule has 0 N–H and O–H groups in total. The Hall–Kier alpha value is -1.22. The third-order valence-corrected chi connectivity index (χ3v) is 3.21. The van der Waals surface area contributed by atoms with E-state index in [2.05, 4.69) is 0 Å². The van der Waals surface area contributed by atoms with E-state index in [-0.39, 0.29) is 0 Å². The molecule has 1 aromatic rings. The lowest BCUT2D eigenvalue weighted by Crippen LogP contribution is -2.10. The molecule has 0 bridgehead atoms. The van der Waals surface area contributed by atoms with Crippen molar-refractivity contribution < 1.29 is 14.3 Å². The fourth-order valence-electron chi connectivity index (χ4n) is 1.89. The SMILES string of the molecule is COc1cc(Cl)cc(C2(C=O)CC2)c1OC. The normalized spacial score (nSPS) is 16.7. The molecule has 16 heavy (non-hydrogen) atoms. The van der Waals surface area contributed by atoms with Crippen molar-refractivity contribution in [1.29, 1.82) is 0 Å². The van der Waals surface area contributed by atoms with E-state index < -0.39 is 5.41 Å². The van der Waals surface area contributed by atoms with Crippen LogP contribution in [0.3, 0.4) is 0 Å². The minimum absolute atomic E-state index is 0.413. The largest absolute Gasteiger partial charge is 0.493 e. The van der Waals surface area contributed by atoms with Gasteiger partial charge in [-0.3, -0.25) is 0 Å². The fraction of sp³-hybridized carbons (Fsp3) is 0.417. The van der Waals surface area contributed by atoms with Crippen LogP contribution in [-0.2, 0) is 10.2 Å². The number of rotatable bonds is 4. The summed E-state index contributed by atoms with van der Waals surface area (Å²) >= 11 is 6.00. The summed E-state index contributed by atoms with van der Waals surface area (Å²) in [7, 11) is 3.12. The molecule has 1 aliphatic rings. The standard InChI is InChI=1S/C12H13ClO3/c1-15-10-6-8(13)5-9(11(10)16-2)12(7-14)3-4-12/h5-7H,3-4H2,1-2H3. The number of benzene rings is 1. The average molecular weight is 241 g/mol. The van der Waals surface area contributed by atoms with E-state index in [0.717, 1.165) is 24.7 Å². The van der Waals surface area contributed by atoms with E-state index in [1.807, 2.05) is 0 Å². The van der Waals surface area contributed by atoms with Gasteiger partial charge in [0.25, 0.3) is 0 Å². The molecule has 0 radical (unpaired) electrons. The van der Waals surface area contributed by atoms with Crippen LogP contribution in [0.4, 0.5) is 0 Å². The zero-order chi connectivity index (χ0) is 11.8. The Kier molecular flexibility index (Phi) is 2.80. The molecular weight excluding hydrogens is 228 g/mol. The zero-order valence-electron chi connectivity index (χ0n) is 9.25. The van der Waals surface area contributed by atoms with Crippen molar-refractivity contribution in [2.24, 2.45) is 0 Å². The first kappa shape index (κ1) is 11.3. The molecule has 86 valence electrons. The van der Waals surface area contributed by atoms with E-state index in [4.69, 9.17) is 21.1 Å². The Morgan fingerprint density at radius 1 is 1.31 bits per heavy atom. The maximum Gasteiger partial charge on any atom is 0.165 e. The molecular formula is C12H13ClO3. The summed E-state index contributed by atoms with van der Waals surface area (Å²) in [6.45, 7) is 0. The second kappa shape index (κ2) is 3.98. The van der Waals surface area contributed by atoms with Gasteiger partial charge in [0.15, 0.2) is 11.5 Å². The van der Waals surface area contributed by atoms with E-state index in [1.54, 1.807) is 26.4 Å². The molecule has 1 aromatic carbocycles. The number of methoxy groups -OCH3 is 2. The Labute approximate surface area is 99.3 Å². The zero-order valence-corrected chi connectivity index (χ0v) is 10.0. The van der Waals surface area contributed by atoms with Crippen molar-refractivity contribution in [1.82, 2.24) is 0 Å². The molecule has 0 aromatic heterocycles. The van der Waals surface area contributed by atoms with Crippen molar-refractivity contribution >= 4 is 17.9 Å². The second-order valence-electron chi connectivity index (χ2n) is 3.96. The van der Waals surface area contributed by atoms with Crippen molar-refractivity contribution in [3.05, 3.63) is 22.7 Å². The van der Waals surface area contributed by atoms with Crippen molar-refractivity contribution in [3.8, 4) is 11.5 Å². The lowest BCUT2D eigenvalue weighted by molar-refractivity contribution is -0.109. The summed E-state index contributed by atoms with van der Waals surface area (Å²) in [6, 6.07) is 3.47. The highest BCUT2D eigenvalue weighted by atomic mass is 35.5. The third kappa shape index (κ3) is 1.65. The highest BCUT2D eigenvalue weighted by Gasteiger charge is 2.47. The van der Waals surface area contributed by atoms with Gasteiger partial charge in [0.1, 0.15) is 6.29 Å². The smallest absolute Gasteiger partial charge is 0.165 e. The van der Waals surface area contributed by atoms with Crippen LogP contribution < -0.4 is 9.47 Å². The highest BCUT2D eigenvalue weighted by Crippen LogP contribution is 2.52. The summed E-state index contributed by atoms with van der Waals surface area (Å²) in [4.78, 5) is 11.1. The predicted octanol–water partition coefficient (Wildman–Crippen LogP) is 2.59. The van der Waals surface area contributed by atoms with Crippen LogP contribution in [0.15, 0.2) is 12.1 Å². The molecule has 0 spiro atoms. The van der Waals surface area contributed by atoms with Gasteiger partial charge in [0.05, 0.1) is 19.6 Å². The van der Waals surface area contributed by atoms with Gasteiger partial charge in [-0.2, -0.15) is 0 Å². The summed E-state index contributed by atoms with van der Waals surface area (Å²) < 4.78 is 10.5. The molecule has 0 saturated heterocycles. The average Bonchev–Trinajstić information content (AvgIpc) is 3.08. The van der Waals surface area contributed by atoms with Gasteiger partial charge in [-0.15, -0.1) is 0 Å². The van der Waals surface area contributed by atoms with Gasteiger partial charge in [-0.1, -0.05) is 11.6 Å². The predicted molar refractivity (Wildman–Crippen MR) is 61.5 cm³/mol. The third-order valence-electron chi connectivity index (χ3n) is 2.99. The Morgan fingerprint density at radius 3 is 2.44 bits per heavy atom. The monoisotopic (exact) mass is 240 g/mol. The topological polar surface area (TPSA) is 35.5 Å². The van der Waals surface area contributed by atoms with Gasteiger partial charge in [0.2, 0.25) is 0 Å². The first-order chi connectivity index (χ1) is 7.66. The molecule has 0 unspecified atom stereocenters. The first-order valence-corrected chi connectivity index (χ1v) is 5.43. The Bertz CT molecular complexity index is 425. The van der Waals surface area contributed by atoms with Crippen LogP contribution in [0, 0.1) is 0 Å². The van der Waals surface area contributed by atoms with E-state index in [1.165, 1.54) is 0 Å². The van der Waals surface area contributed by atoms with Crippen molar-refractivity contribution in [3.63, 3.8) is 0 Å². The molecule has 0 aliphatic heterocycles. The number of aldehydes is 1. The van der Waals surface area contributed by atoms with Crippen LogP contribution in [0.1, 0.15) is 18.4 Å². The Balaban J connectivity index is 2.59. The van der Waals surface area contributed by atoms with Crippen LogP contribution in [0.5, 0.6) is 11.5 Å². The van der Waals surface area contributed by atoms with E-state index >= 15 is 0 Å². The molecule has 2 rings (SSSR count). The molecule has 0 atom stereocenters. The van der Waals surface area contributed by atoms with Crippen LogP contribution in [-0.4, -0.2) is 20.5 Å². The van der Waals surface area contributed by atoms with Crippen molar-refractivity contribution in [2.75, 3.05) is 14.2 Å². The number of halogens is 1. The van der Waals surface area contributed by atoms with Gasteiger partial charge in [0, 0.05) is 16.7 Å². The first-order valence-electron chi connectivity index (χ1n) is 5.05. The van der Waals surface area contributed by atoms with E-state index in [0.29, 0.717) is 16.5 Å². The number of carbonyl (C=O) groups is 1. The molecule has 1 aliphatic carbocycles. The highest BCUT2D eigenvalue weighted by molar-refractivity contribution is 6.31. The van der Waals surface area contributed by atoms with Gasteiger partial charge < -0.3 is 14.3 Å². The molecule has 0 amide bonds. The quantitative estimate of drug-likeness (QED) is 0.759. The van der Waals surface area contributed by atoms with Crippen LogP contribution >= 0.6 is 11.6 Å². The Morgan fingerprint density at radius 2 is 2.00 bits per heavy atom. The molecule has 1 saturated carbocycles. The fourth-order valence-corrected chi connectivity index (χ4v) is 2.09. The number of ether oxygens (including phenoxy) is 2. The lowest BCUT2D eigenvalue weighted by Gasteiger charge is -2.16. The molecule has 0 heterocycles. The van der Waals surface area contributed by atoms with Crippen LogP contribution in [0.25, 0.3) is 0 Å². The second-order valence-corrected chi connectivity index (χ2v) is 4.40. The minimum Gasteiger partial charge on any atom is -0.493 e. The maximum atomic E-state index is 11.1. The molecule has 1 fully saturated rings. The van der Waals surface area contributed by atoms with Gasteiger partial charge >= 0.3 is 0 Å². The maximum absolute atomic E-state index is 11.1. The van der Waals surface area contributed by atoms with Crippen LogP contribution in [0.2, 0.25) is 5.02 Å². The molecule has 3 nitrogen and oxygen atoms in total. The molecule has 4 heteroatoms. The number of hydrogen-bond donors (Lipinski definition) is 0. The summed E-state index contributed by atoms with van der Waals surface area (Å²) in [5.41, 5.74) is 0.415. The summed E-state index contributed by atoms with van der Waals surface area (Å²) in [5.74, 6) is 1.18. The minimum atomic E-state index is -0.413. The summed E-state index contributed by atoms with van der Waals surface area (Å²) in [5, 5.41) is 0.556. The van der Waals surface area contributed by atoms with Crippen molar-refractivity contribution in [2.45, 2.75) is 18.3 Å². The number of hydrogen-bond acceptors (Lipinski definition) is 3. The van der Waals surface area contributed by atoms with E-state index in [9.17, 15) is 4.79 Å². The van der Waals surface area contributed by atoms with Gasteiger partial charge in [-0.25, -0.2) is 0 Å². The van der Waals surface area contributed by atoms with Gasteiger partial charge in [-0.05, 0) is 18.9 Å².